The van der Waals surface area contributed by atoms with Crippen LogP contribution >= 0.6 is 0 Å². The highest BCUT2D eigenvalue weighted by Crippen LogP contribution is 2.15. The fourth-order valence-electron chi connectivity index (χ4n) is 0.408. The van der Waals surface area contributed by atoms with Crippen LogP contribution in [0.4, 0.5) is 0 Å². The van der Waals surface area contributed by atoms with E-state index in [2.05, 4.69) is 0 Å². The minimum Gasteiger partial charge on any atom is -0.330 e. The molecule has 0 aromatic rings. The summed E-state index contributed by atoms with van der Waals surface area (Å²) in [6.45, 7) is 0.591. The Kier molecular flexibility index (Phi) is 3.30. The molecule has 0 fully saturated rings. The summed E-state index contributed by atoms with van der Waals surface area (Å²) in [6.07, 6.45) is 1.35. The third kappa shape index (κ3) is 6.15. The first kappa shape index (κ1) is 8.15. The van der Waals surface area contributed by atoms with Crippen LogP contribution in [0.25, 0.3) is 0 Å². The third-order valence-corrected chi connectivity index (χ3v) is 0.814. The molecule has 0 aromatic heterocycles. The Morgan fingerprint density at radius 2 is 1.75 bits per heavy atom. The van der Waals surface area contributed by atoms with Crippen LogP contribution in [0.3, 0.4) is 0 Å². The fraction of sp³-hybridized carbons (Fsp3) is 1.00. The second kappa shape index (κ2) is 3.23. The lowest BCUT2D eigenvalue weighted by Crippen LogP contribution is -2.14. The molecule has 1 nitrogen and oxygen atoms in total. The molecule has 0 atom stereocenters. The van der Waals surface area contributed by atoms with Crippen LogP contribution in [0, 0.1) is 0 Å². The largest absolute Gasteiger partial charge is 0.330 e. The summed E-state index contributed by atoms with van der Waals surface area (Å²) in [5.74, 6) is 0. The Labute approximate surface area is 54.6 Å². The lowest BCUT2D eigenvalue weighted by Gasteiger charge is -2.17. The fourth-order valence-corrected chi connectivity index (χ4v) is 0.408. The molecule has 0 saturated carbocycles. The van der Waals surface area contributed by atoms with Crippen LogP contribution in [-0.2, 0) is 0 Å². The van der Waals surface area contributed by atoms with E-state index < -0.39 is 5.11 Å². The predicted molar refractivity (Wildman–Crippen MR) is 38.2 cm³/mol. The van der Waals surface area contributed by atoms with Crippen LogP contribution in [-0.4, -0.2) is 30.1 Å². The van der Waals surface area contributed by atoms with Crippen LogP contribution in [0.15, 0.2) is 0 Å². The van der Waals surface area contributed by atoms with Gasteiger partial charge in [-0.25, -0.2) is 0 Å². The molecule has 2 N–H and O–H groups in total. The molecule has 0 saturated heterocycles. The summed E-state index contributed by atoms with van der Waals surface area (Å²) in [4.78, 5) is 0. The van der Waals surface area contributed by atoms with Gasteiger partial charge in [0, 0.05) is 0 Å². The Morgan fingerprint density at radius 1 is 1.25 bits per heavy atom. The quantitative estimate of drug-likeness (QED) is 0.469. The average molecular weight is 103 g/mol. The first-order chi connectivity index (χ1) is 3.56. The van der Waals surface area contributed by atoms with Gasteiger partial charge in [0.15, 0.2) is 0 Å². The summed E-state index contributed by atoms with van der Waals surface area (Å²) < 4.78 is 0. The molecule has 6 radical (unpaired) electrons. The van der Waals surface area contributed by atoms with Crippen molar-refractivity contribution in [3.8, 4) is 0 Å². The van der Waals surface area contributed by atoms with Gasteiger partial charge < -0.3 is 5.73 Å². The van der Waals surface area contributed by atoms with Gasteiger partial charge in [-0.1, -0.05) is 6.42 Å². The molecular formula is C4H8B3N. The van der Waals surface area contributed by atoms with Crippen LogP contribution in [0.2, 0.25) is 5.11 Å². The molecule has 0 aliphatic carbocycles. The summed E-state index contributed by atoms with van der Waals surface area (Å²) in [5, 5.41) is -1.03. The van der Waals surface area contributed by atoms with Gasteiger partial charge in [-0.3, -0.25) is 0 Å². The molecule has 0 unspecified atom stereocenters. The van der Waals surface area contributed by atoms with Crippen molar-refractivity contribution < 1.29 is 0 Å². The molecule has 0 aliphatic rings. The van der Waals surface area contributed by atoms with Gasteiger partial charge in [0.1, 0.15) is 0 Å². The highest BCUT2D eigenvalue weighted by Gasteiger charge is 2.06. The number of hydrogen-bond donors (Lipinski definition) is 1. The van der Waals surface area contributed by atoms with Crippen molar-refractivity contribution in [2.24, 2.45) is 5.73 Å². The minimum absolute atomic E-state index is 0.573. The van der Waals surface area contributed by atoms with Gasteiger partial charge in [0.05, 0.1) is 23.5 Å². The van der Waals surface area contributed by atoms with E-state index in [-0.39, 0.29) is 0 Å². The first-order valence-electron chi connectivity index (χ1n) is 2.63. The van der Waals surface area contributed by atoms with Gasteiger partial charge >= 0.3 is 0 Å². The second-order valence-corrected chi connectivity index (χ2v) is 2.00. The molecule has 0 aromatic carbocycles. The molecular weight excluding hydrogens is 94.5 g/mol. The molecule has 0 rings (SSSR count). The van der Waals surface area contributed by atoms with Gasteiger partial charge in [0.2, 0.25) is 0 Å². The number of hydrogen-bond acceptors (Lipinski definition) is 1. The minimum atomic E-state index is -1.03. The maximum Gasteiger partial charge on any atom is 0.0507 e. The monoisotopic (exact) mass is 103 g/mol. The third-order valence-electron chi connectivity index (χ3n) is 0.814. The van der Waals surface area contributed by atoms with E-state index in [1.807, 2.05) is 0 Å². The van der Waals surface area contributed by atoms with Gasteiger partial charge in [-0.05, 0) is 13.0 Å². The van der Waals surface area contributed by atoms with E-state index >= 15 is 0 Å². The zero-order valence-electron chi connectivity index (χ0n) is 4.93. The molecule has 0 aliphatic heterocycles. The molecule has 38 valence electrons. The second-order valence-electron chi connectivity index (χ2n) is 2.00. The van der Waals surface area contributed by atoms with E-state index in [0.29, 0.717) is 13.0 Å². The summed E-state index contributed by atoms with van der Waals surface area (Å²) in [6, 6.07) is 0. The van der Waals surface area contributed by atoms with Crippen molar-refractivity contribution in [1.82, 2.24) is 0 Å². The SMILES string of the molecule is [B]C([B])([B])CCCN. The Balaban J connectivity index is 3.11. The molecule has 4 heteroatoms. The van der Waals surface area contributed by atoms with Gasteiger partial charge in [-0.2, -0.15) is 0 Å². The van der Waals surface area contributed by atoms with Gasteiger partial charge in [-0.15, -0.1) is 5.11 Å². The Bertz CT molecular complexity index is 58.8. The molecule has 8 heavy (non-hydrogen) atoms. The van der Waals surface area contributed by atoms with E-state index in [4.69, 9.17) is 29.3 Å². The highest BCUT2D eigenvalue weighted by molar-refractivity contribution is 6.58. The normalized spacial score (nSPS) is 11.6. The summed E-state index contributed by atoms with van der Waals surface area (Å²) in [7, 11) is 15.7. The van der Waals surface area contributed by atoms with Crippen LogP contribution in [0.5, 0.6) is 0 Å². The summed E-state index contributed by atoms with van der Waals surface area (Å²) >= 11 is 0. The van der Waals surface area contributed by atoms with E-state index in [1.165, 1.54) is 0 Å². The van der Waals surface area contributed by atoms with Crippen LogP contribution in [0.1, 0.15) is 12.8 Å². The standard InChI is InChI=1S/C4H8B3N/c5-4(6,7)2-1-3-8/h1-3,8H2. The molecule has 0 bridgehead atoms. The predicted octanol–water partition coefficient (Wildman–Crippen LogP) is -0.696. The zero-order chi connectivity index (χ0) is 6.62. The van der Waals surface area contributed by atoms with E-state index in [9.17, 15) is 0 Å². The smallest absolute Gasteiger partial charge is 0.0507 e. The average Bonchev–Trinajstić information content (AvgIpc) is 1.59. The van der Waals surface area contributed by atoms with Crippen molar-refractivity contribution >= 4 is 23.5 Å². The van der Waals surface area contributed by atoms with Crippen molar-refractivity contribution in [2.45, 2.75) is 18.0 Å². The maximum absolute atomic E-state index is 5.22. The van der Waals surface area contributed by atoms with Crippen molar-refractivity contribution in [3.05, 3.63) is 0 Å². The maximum atomic E-state index is 5.22. The van der Waals surface area contributed by atoms with E-state index in [1.54, 1.807) is 0 Å². The number of rotatable bonds is 3. The van der Waals surface area contributed by atoms with Gasteiger partial charge in [0.25, 0.3) is 0 Å². The van der Waals surface area contributed by atoms with Crippen LogP contribution < -0.4 is 5.73 Å². The Hall–Kier alpha value is 0.155. The molecule has 0 amide bonds. The molecule has 0 spiro atoms. The highest BCUT2D eigenvalue weighted by atomic mass is 14.5. The number of nitrogens with two attached hydrogens (primary N) is 1. The first-order valence-corrected chi connectivity index (χ1v) is 2.63. The zero-order valence-corrected chi connectivity index (χ0v) is 4.93. The Morgan fingerprint density at radius 3 is 1.88 bits per heavy atom. The van der Waals surface area contributed by atoms with Crippen molar-refractivity contribution in [1.29, 1.82) is 0 Å². The van der Waals surface area contributed by atoms with E-state index in [0.717, 1.165) is 6.42 Å². The topological polar surface area (TPSA) is 26.0 Å². The summed E-state index contributed by atoms with van der Waals surface area (Å²) in [5.41, 5.74) is 5.17. The lowest BCUT2D eigenvalue weighted by atomic mass is 9.41. The van der Waals surface area contributed by atoms with Crippen molar-refractivity contribution in [2.75, 3.05) is 6.54 Å². The molecule has 0 heterocycles. The lowest BCUT2D eigenvalue weighted by molar-refractivity contribution is 0.756. The van der Waals surface area contributed by atoms with Crippen molar-refractivity contribution in [3.63, 3.8) is 0 Å².